The van der Waals surface area contributed by atoms with Gasteiger partial charge in [0, 0.05) is 25.6 Å². The molecule has 0 spiro atoms. The molecule has 1 saturated heterocycles. The van der Waals surface area contributed by atoms with E-state index in [-0.39, 0.29) is 23.9 Å². The Bertz CT molecular complexity index is 568. The van der Waals surface area contributed by atoms with Crippen molar-refractivity contribution in [3.8, 4) is 0 Å². The van der Waals surface area contributed by atoms with Crippen LogP contribution >= 0.6 is 0 Å². The summed E-state index contributed by atoms with van der Waals surface area (Å²) >= 11 is 0. The molecule has 1 aromatic rings. The fraction of sp³-hybridized carbons (Fsp3) is 0.579. The number of likely N-dealkylation sites (tertiary alicyclic amines) is 1. The van der Waals surface area contributed by atoms with Crippen LogP contribution in [0.5, 0.6) is 0 Å². The molecule has 5 nitrogen and oxygen atoms in total. The minimum absolute atomic E-state index is 0.0746. The average Bonchev–Trinajstić information content (AvgIpc) is 2.99. The van der Waals surface area contributed by atoms with Crippen LogP contribution in [0.15, 0.2) is 24.3 Å². The summed E-state index contributed by atoms with van der Waals surface area (Å²) in [4.78, 5) is 26.0. The van der Waals surface area contributed by atoms with Crippen molar-refractivity contribution in [2.24, 2.45) is 5.73 Å². The summed E-state index contributed by atoms with van der Waals surface area (Å²) in [5.74, 6) is 0.450. The Hall–Kier alpha value is -1.88. The quantitative estimate of drug-likeness (QED) is 0.805. The first-order chi connectivity index (χ1) is 11.4. The number of amides is 2. The second-order valence-corrected chi connectivity index (χ2v) is 6.79. The average molecular weight is 331 g/mol. The first-order valence-electron chi connectivity index (χ1n) is 8.86. The SMILES string of the molecule is CCC(C(=O)NCC(N)c1ccc(C(C)C)cc1)N1CCCC1=O. The minimum atomic E-state index is -0.379. The van der Waals surface area contributed by atoms with Crippen molar-refractivity contribution in [3.05, 3.63) is 35.4 Å². The van der Waals surface area contributed by atoms with Crippen LogP contribution < -0.4 is 11.1 Å². The van der Waals surface area contributed by atoms with Crippen LogP contribution in [0.3, 0.4) is 0 Å². The summed E-state index contributed by atoms with van der Waals surface area (Å²) in [6, 6.07) is 7.58. The lowest BCUT2D eigenvalue weighted by atomic mass is 9.99. The predicted molar refractivity (Wildman–Crippen MR) is 95.5 cm³/mol. The lowest BCUT2D eigenvalue weighted by Gasteiger charge is -2.26. The Labute approximate surface area is 144 Å². The highest BCUT2D eigenvalue weighted by Crippen LogP contribution is 2.18. The highest BCUT2D eigenvalue weighted by atomic mass is 16.2. The van der Waals surface area contributed by atoms with E-state index < -0.39 is 0 Å². The molecule has 24 heavy (non-hydrogen) atoms. The zero-order valence-electron chi connectivity index (χ0n) is 14.9. The third-order valence-corrected chi connectivity index (χ3v) is 4.70. The molecule has 5 heteroatoms. The van der Waals surface area contributed by atoms with E-state index in [2.05, 4.69) is 31.3 Å². The van der Waals surface area contributed by atoms with Crippen molar-refractivity contribution < 1.29 is 9.59 Å². The second-order valence-electron chi connectivity index (χ2n) is 6.79. The number of benzene rings is 1. The first-order valence-corrected chi connectivity index (χ1v) is 8.86. The standard InChI is InChI=1S/C19H29N3O2/c1-4-17(22-11-5-6-18(22)23)19(24)21-12-16(20)15-9-7-14(8-10-15)13(2)3/h7-10,13,16-17H,4-6,11-12,20H2,1-3H3,(H,21,24). The van der Waals surface area contributed by atoms with Gasteiger partial charge in [-0.25, -0.2) is 0 Å². The Morgan fingerprint density at radius 2 is 1.88 bits per heavy atom. The van der Waals surface area contributed by atoms with E-state index in [0.29, 0.717) is 31.8 Å². The molecule has 2 unspecified atom stereocenters. The van der Waals surface area contributed by atoms with Gasteiger partial charge in [0.05, 0.1) is 0 Å². The molecule has 0 aliphatic carbocycles. The third-order valence-electron chi connectivity index (χ3n) is 4.70. The van der Waals surface area contributed by atoms with Gasteiger partial charge in [0.25, 0.3) is 0 Å². The van der Waals surface area contributed by atoms with Gasteiger partial charge in [0.1, 0.15) is 6.04 Å². The largest absolute Gasteiger partial charge is 0.352 e. The molecule has 0 bridgehead atoms. The van der Waals surface area contributed by atoms with Gasteiger partial charge in [-0.15, -0.1) is 0 Å². The van der Waals surface area contributed by atoms with E-state index >= 15 is 0 Å². The molecular weight excluding hydrogens is 302 g/mol. The monoisotopic (exact) mass is 331 g/mol. The number of nitrogens with zero attached hydrogens (tertiary/aromatic N) is 1. The van der Waals surface area contributed by atoms with Gasteiger partial charge in [0.15, 0.2) is 0 Å². The summed E-state index contributed by atoms with van der Waals surface area (Å²) in [6.07, 6.45) is 2.01. The number of rotatable bonds is 7. The van der Waals surface area contributed by atoms with Crippen molar-refractivity contribution in [1.82, 2.24) is 10.2 Å². The van der Waals surface area contributed by atoms with Crippen molar-refractivity contribution in [2.75, 3.05) is 13.1 Å². The Balaban J connectivity index is 1.91. The Kier molecular flexibility index (Phi) is 6.37. The predicted octanol–water partition coefficient (Wildman–Crippen LogP) is 2.33. The Morgan fingerprint density at radius 3 is 2.38 bits per heavy atom. The summed E-state index contributed by atoms with van der Waals surface area (Å²) in [5.41, 5.74) is 8.47. The molecular formula is C19H29N3O2. The summed E-state index contributed by atoms with van der Waals surface area (Å²) in [6.45, 7) is 7.28. The van der Waals surface area contributed by atoms with E-state index in [1.807, 2.05) is 19.1 Å². The van der Waals surface area contributed by atoms with Gasteiger partial charge in [0.2, 0.25) is 11.8 Å². The van der Waals surface area contributed by atoms with Gasteiger partial charge < -0.3 is 16.0 Å². The smallest absolute Gasteiger partial charge is 0.242 e. The van der Waals surface area contributed by atoms with Crippen LogP contribution in [0.2, 0.25) is 0 Å². The van der Waals surface area contributed by atoms with Gasteiger partial charge in [-0.05, 0) is 29.9 Å². The molecule has 1 aliphatic rings. The number of hydrogen-bond donors (Lipinski definition) is 2. The molecule has 0 saturated carbocycles. The van der Waals surface area contributed by atoms with E-state index in [0.717, 1.165) is 12.0 Å². The molecule has 1 aliphatic heterocycles. The second kappa shape index (κ2) is 8.29. The molecule has 0 radical (unpaired) electrons. The molecule has 2 amide bonds. The van der Waals surface area contributed by atoms with Gasteiger partial charge in [-0.3, -0.25) is 9.59 Å². The normalized spacial score (nSPS) is 17.2. The highest BCUT2D eigenvalue weighted by Gasteiger charge is 2.31. The van der Waals surface area contributed by atoms with E-state index in [4.69, 9.17) is 5.73 Å². The van der Waals surface area contributed by atoms with Gasteiger partial charge in [-0.1, -0.05) is 45.0 Å². The van der Waals surface area contributed by atoms with Crippen LogP contribution in [0.25, 0.3) is 0 Å². The van der Waals surface area contributed by atoms with E-state index in [1.165, 1.54) is 5.56 Å². The first kappa shape index (κ1) is 18.5. The van der Waals surface area contributed by atoms with E-state index in [9.17, 15) is 9.59 Å². The Morgan fingerprint density at radius 1 is 1.25 bits per heavy atom. The van der Waals surface area contributed by atoms with E-state index in [1.54, 1.807) is 4.90 Å². The molecule has 2 rings (SSSR count). The van der Waals surface area contributed by atoms with Crippen LogP contribution in [-0.4, -0.2) is 35.8 Å². The third kappa shape index (κ3) is 4.35. The topological polar surface area (TPSA) is 75.4 Å². The molecule has 1 aromatic carbocycles. The zero-order valence-corrected chi connectivity index (χ0v) is 14.9. The lowest BCUT2D eigenvalue weighted by molar-refractivity contribution is -0.137. The number of hydrogen-bond acceptors (Lipinski definition) is 3. The minimum Gasteiger partial charge on any atom is -0.352 e. The molecule has 3 N–H and O–H groups in total. The van der Waals surface area contributed by atoms with Crippen LogP contribution in [0.4, 0.5) is 0 Å². The van der Waals surface area contributed by atoms with Gasteiger partial charge >= 0.3 is 0 Å². The van der Waals surface area contributed by atoms with Crippen molar-refractivity contribution in [1.29, 1.82) is 0 Å². The molecule has 2 atom stereocenters. The molecule has 1 heterocycles. The maximum atomic E-state index is 12.4. The van der Waals surface area contributed by atoms with Crippen LogP contribution in [0.1, 0.15) is 63.1 Å². The number of nitrogens with one attached hydrogen (secondary N) is 1. The molecule has 132 valence electrons. The maximum absolute atomic E-state index is 12.4. The summed E-state index contributed by atoms with van der Waals surface area (Å²) < 4.78 is 0. The van der Waals surface area contributed by atoms with Crippen molar-refractivity contribution >= 4 is 11.8 Å². The number of carbonyl (C=O) groups is 2. The maximum Gasteiger partial charge on any atom is 0.242 e. The van der Waals surface area contributed by atoms with Crippen molar-refractivity contribution in [3.63, 3.8) is 0 Å². The molecule has 1 fully saturated rings. The number of carbonyl (C=O) groups excluding carboxylic acids is 2. The lowest BCUT2D eigenvalue weighted by Crippen LogP contribution is -2.48. The fourth-order valence-electron chi connectivity index (χ4n) is 3.12. The number of nitrogens with two attached hydrogens (primary N) is 1. The van der Waals surface area contributed by atoms with Crippen molar-refractivity contribution in [2.45, 2.75) is 58.0 Å². The highest BCUT2D eigenvalue weighted by molar-refractivity contribution is 5.88. The molecule has 0 aromatic heterocycles. The van der Waals surface area contributed by atoms with Crippen LogP contribution in [0, 0.1) is 0 Å². The van der Waals surface area contributed by atoms with Gasteiger partial charge in [-0.2, -0.15) is 0 Å². The zero-order chi connectivity index (χ0) is 17.7. The van der Waals surface area contributed by atoms with Crippen LogP contribution in [-0.2, 0) is 9.59 Å². The summed E-state index contributed by atoms with van der Waals surface area (Å²) in [5, 5.41) is 2.91. The summed E-state index contributed by atoms with van der Waals surface area (Å²) in [7, 11) is 0. The fourth-order valence-corrected chi connectivity index (χ4v) is 3.12.